The minimum atomic E-state index is -4.39. The van der Waals surface area contributed by atoms with Gasteiger partial charge in [0.25, 0.3) is 0 Å². The molecule has 0 saturated carbocycles. The number of anilines is 2. The quantitative estimate of drug-likeness (QED) is 0.222. The minimum Gasteiger partial charge on any atom is -0.340 e. The fourth-order valence-electron chi connectivity index (χ4n) is 5.11. The Kier molecular flexibility index (Phi) is 7.88. The first-order valence-corrected chi connectivity index (χ1v) is 14.5. The lowest BCUT2D eigenvalue weighted by Gasteiger charge is -2.35. The molecule has 0 unspecified atom stereocenters. The highest BCUT2D eigenvalue weighted by Gasteiger charge is 2.31. The van der Waals surface area contributed by atoms with E-state index in [2.05, 4.69) is 58.5 Å². The zero-order chi connectivity index (χ0) is 26.0. The second-order valence-corrected chi connectivity index (χ2v) is 11.4. The molecule has 3 aromatic rings. The summed E-state index contributed by atoms with van der Waals surface area (Å²) in [5, 5.41) is 0. The normalized spacial score (nSPS) is 16.4. The number of thioether (sulfide) groups is 1. The number of Topliss-reactive ketones (excluding diaryl/α,β-unsaturated/α-hetero) is 1. The van der Waals surface area contributed by atoms with Crippen molar-refractivity contribution in [3.8, 4) is 0 Å². The Morgan fingerprint density at radius 3 is 2.35 bits per heavy atom. The largest absolute Gasteiger partial charge is 0.416 e. The third-order valence-electron chi connectivity index (χ3n) is 7.14. The second-order valence-electron chi connectivity index (χ2n) is 9.46. The van der Waals surface area contributed by atoms with Crippen molar-refractivity contribution in [1.82, 2.24) is 4.90 Å². The number of fused-ring (bicyclic) bond motifs is 2. The molecule has 3 aromatic carbocycles. The van der Waals surface area contributed by atoms with Crippen LogP contribution in [-0.4, -0.2) is 43.1 Å². The lowest BCUT2D eigenvalue weighted by atomic mass is 9.88. The first-order valence-electron chi connectivity index (χ1n) is 12.5. The molecule has 0 radical (unpaired) electrons. The van der Waals surface area contributed by atoms with Gasteiger partial charge >= 0.3 is 6.18 Å². The first kappa shape index (κ1) is 26.2. The highest BCUT2D eigenvalue weighted by atomic mass is 32.2. The van der Waals surface area contributed by atoms with Crippen molar-refractivity contribution < 1.29 is 18.0 Å². The van der Waals surface area contributed by atoms with Crippen molar-refractivity contribution >= 4 is 40.7 Å². The summed E-state index contributed by atoms with van der Waals surface area (Å²) in [4.78, 5) is 21.5. The standard InChI is InChI=1S/C29H29F3N2OS2/c1-36-23-11-12-27-25(19-23)34(24-5-2-3-6-26(24)37-27)16-4-15-33-17-13-21(14-18-33)28(35)20-7-9-22(10-8-20)29(30,31)32/h2-3,5-12,19,21H,4,13-18H2,1H3. The lowest BCUT2D eigenvalue weighted by molar-refractivity contribution is -0.137. The molecule has 2 heterocycles. The van der Waals surface area contributed by atoms with Crippen LogP contribution < -0.4 is 4.90 Å². The maximum Gasteiger partial charge on any atom is 0.416 e. The van der Waals surface area contributed by atoms with Gasteiger partial charge < -0.3 is 9.80 Å². The maximum absolute atomic E-state index is 12.9. The number of carbonyl (C=O) groups excluding carboxylic acids is 1. The smallest absolute Gasteiger partial charge is 0.340 e. The van der Waals surface area contributed by atoms with Crippen molar-refractivity contribution in [1.29, 1.82) is 0 Å². The van der Waals surface area contributed by atoms with Crippen LogP contribution in [0.15, 0.2) is 81.4 Å². The van der Waals surface area contributed by atoms with Gasteiger partial charge in [0.05, 0.1) is 16.9 Å². The molecule has 0 atom stereocenters. The van der Waals surface area contributed by atoms with E-state index in [4.69, 9.17) is 0 Å². The van der Waals surface area contributed by atoms with Gasteiger partial charge in [0.2, 0.25) is 0 Å². The Hall–Kier alpha value is -2.42. The zero-order valence-corrected chi connectivity index (χ0v) is 22.3. The van der Waals surface area contributed by atoms with E-state index in [9.17, 15) is 18.0 Å². The number of halogens is 3. The SMILES string of the molecule is CSc1ccc2c(c1)N(CCCN1CCC(C(=O)c3ccc(C(F)(F)F)cc3)CC1)c1ccccc1S2. The summed E-state index contributed by atoms with van der Waals surface area (Å²) in [7, 11) is 0. The maximum atomic E-state index is 12.9. The number of alkyl halides is 3. The molecule has 0 amide bonds. The Bertz CT molecular complexity index is 1250. The van der Waals surface area contributed by atoms with E-state index in [-0.39, 0.29) is 11.7 Å². The molecule has 0 aliphatic carbocycles. The fourth-order valence-corrected chi connectivity index (χ4v) is 6.62. The fraction of sp³-hybridized carbons (Fsp3) is 0.345. The van der Waals surface area contributed by atoms with Crippen LogP contribution in [0.1, 0.15) is 35.2 Å². The van der Waals surface area contributed by atoms with Gasteiger partial charge in [-0.05, 0) is 87.6 Å². The third kappa shape index (κ3) is 5.86. The monoisotopic (exact) mass is 542 g/mol. The highest BCUT2D eigenvalue weighted by Crippen LogP contribution is 2.48. The molecule has 0 spiro atoms. The summed E-state index contributed by atoms with van der Waals surface area (Å²) >= 11 is 3.57. The average Bonchev–Trinajstić information content (AvgIpc) is 2.92. The molecule has 5 rings (SSSR count). The van der Waals surface area contributed by atoms with Gasteiger partial charge in [-0.1, -0.05) is 36.0 Å². The average molecular weight is 543 g/mol. The summed E-state index contributed by atoms with van der Waals surface area (Å²) in [6, 6.07) is 19.8. The summed E-state index contributed by atoms with van der Waals surface area (Å²) < 4.78 is 38.5. The van der Waals surface area contributed by atoms with Gasteiger partial charge in [0, 0.05) is 32.7 Å². The van der Waals surface area contributed by atoms with Gasteiger partial charge in [0.15, 0.2) is 5.78 Å². The van der Waals surface area contributed by atoms with Crippen LogP contribution in [0.4, 0.5) is 24.5 Å². The predicted molar refractivity (Wildman–Crippen MR) is 145 cm³/mol. The molecule has 2 aliphatic heterocycles. The van der Waals surface area contributed by atoms with Gasteiger partial charge in [0.1, 0.15) is 0 Å². The number of benzene rings is 3. The van der Waals surface area contributed by atoms with Crippen LogP contribution in [0.3, 0.4) is 0 Å². The Balaban J connectivity index is 1.17. The van der Waals surface area contributed by atoms with E-state index in [0.717, 1.165) is 57.6 Å². The number of hydrogen-bond acceptors (Lipinski definition) is 5. The number of rotatable bonds is 7. The molecule has 0 bridgehead atoms. The highest BCUT2D eigenvalue weighted by molar-refractivity contribution is 8.00. The van der Waals surface area contributed by atoms with E-state index in [1.54, 1.807) is 11.8 Å². The van der Waals surface area contributed by atoms with Gasteiger partial charge in [-0.15, -0.1) is 11.8 Å². The summed E-state index contributed by atoms with van der Waals surface area (Å²) in [5.41, 5.74) is 2.16. The number of nitrogens with zero attached hydrogens (tertiary/aromatic N) is 2. The van der Waals surface area contributed by atoms with Crippen LogP contribution in [0, 0.1) is 5.92 Å². The van der Waals surface area contributed by atoms with Gasteiger partial charge in [-0.2, -0.15) is 13.2 Å². The van der Waals surface area contributed by atoms with E-state index >= 15 is 0 Å². The third-order valence-corrected chi connectivity index (χ3v) is 9.00. The topological polar surface area (TPSA) is 23.6 Å². The van der Waals surface area contributed by atoms with Crippen LogP contribution >= 0.6 is 23.5 Å². The Morgan fingerprint density at radius 1 is 0.946 bits per heavy atom. The number of hydrogen-bond donors (Lipinski definition) is 0. The van der Waals surface area contributed by atoms with E-state index < -0.39 is 11.7 Å². The summed E-state index contributed by atoms with van der Waals surface area (Å²) in [6.07, 6.45) is 0.189. The minimum absolute atomic E-state index is 0.0444. The molecule has 2 aliphatic rings. The molecule has 0 aromatic heterocycles. The molecule has 194 valence electrons. The number of piperidine rings is 1. The molecule has 8 heteroatoms. The van der Waals surface area contributed by atoms with E-state index in [1.807, 2.05) is 11.8 Å². The number of likely N-dealkylation sites (tertiary alicyclic amines) is 1. The van der Waals surface area contributed by atoms with Crippen LogP contribution in [0.25, 0.3) is 0 Å². The van der Waals surface area contributed by atoms with Gasteiger partial charge in [-0.3, -0.25) is 4.79 Å². The molecular weight excluding hydrogens is 513 g/mol. The predicted octanol–water partition coefficient (Wildman–Crippen LogP) is 8.02. The van der Waals surface area contributed by atoms with Crippen molar-refractivity contribution in [2.24, 2.45) is 5.92 Å². The Morgan fingerprint density at radius 2 is 1.65 bits per heavy atom. The molecule has 37 heavy (non-hydrogen) atoms. The first-order chi connectivity index (χ1) is 17.8. The molecular formula is C29H29F3N2OS2. The van der Waals surface area contributed by atoms with Crippen molar-refractivity contribution in [2.45, 2.75) is 40.1 Å². The lowest BCUT2D eigenvalue weighted by Crippen LogP contribution is -2.38. The number of ketones is 1. The van der Waals surface area contributed by atoms with Crippen molar-refractivity contribution in [3.05, 3.63) is 77.9 Å². The summed E-state index contributed by atoms with van der Waals surface area (Å²) in [6.45, 7) is 3.52. The van der Waals surface area contributed by atoms with Crippen molar-refractivity contribution in [3.63, 3.8) is 0 Å². The Labute approximate surface area is 224 Å². The number of carbonyl (C=O) groups is 1. The molecule has 3 nitrogen and oxygen atoms in total. The van der Waals surface area contributed by atoms with E-state index in [0.29, 0.717) is 5.56 Å². The molecule has 0 N–H and O–H groups in total. The zero-order valence-electron chi connectivity index (χ0n) is 20.6. The van der Waals surface area contributed by atoms with Gasteiger partial charge in [-0.25, -0.2) is 0 Å². The molecule has 1 fully saturated rings. The molecule has 1 saturated heterocycles. The summed E-state index contributed by atoms with van der Waals surface area (Å²) in [5.74, 6) is -0.173. The van der Waals surface area contributed by atoms with Crippen LogP contribution in [0.2, 0.25) is 0 Å². The van der Waals surface area contributed by atoms with Crippen molar-refractivity contribution in [2.75, 3.05) is 37.3 Å². The van der Waals surface area contributed by atoms with Crippen LogP contribution in [-0.2, 0) is 6.18 Å². The number of para-hydroxylation sites is 1. The van der Waals surface area contributed by atoms with E-state index in [1.165, 1.54) is 38.2 Å². The van der Waals surface area contributed by atoms with Crippen LogP contribution in [0.5, 0.6) is 0 Å². The second kappa shape index (κ2) is 11.1.